The Morgan fingerprint density at radius 1 is 1.21 bits per heavy atom. The monoisotopic (exact) mass is 374 g/mol. The number of aryl methyl sites for hydroxylation is 1. The lowest BCUT2D eigenvalue weighted by Gasteiger charge is -2.10. The lowest BCUT2D eigenvalue weighted by atomic mass is 9.97. The Balaban J connectivity index is 1.57. The zero-order valence-electron chi connectivity index (χ0n) is 15.3. The fraction of sp³-hybridized carbons (Fsp3) is 0.250. The smallest absolute Gasteiger partial charge is 0.251 e. The van der Waals surface area contributed by atoms with Crippen molar-refractivity contribution in [1.82, 2.24) is 15.5 Å². The molecule has 0 radical (unpaired) electrons. The Kier molecular flexibility index (Phi) is 4.78. The van der Waals surface area contributed by atoms with Crippen LogP contribution in [0.25, 0.3) is 33.0 Å². The van der Waals surface area contributed by atoms with Crippen LogP contribution in [0.15, 0.2) is 52.0 Å². The van der Waals surface area contributed by atoms with Gasteiger partial charge < -0.3 is 9.73 Å². The molecule has 0 atom stereocenters. The van der Waals surface area contributed by atoms with Crippen LogP contribution in [0.4, 0.5) is 0 Å². The van der Waals surface area contributed by atoms with Crippen LogP contribution in [-0.2, 0) is 6.54 Å². The van der Waals surface area contributed by atoms with Crippen molar-refractivity contribution in [2.24, 2.45) is 5.11 Å². The topological polar surface area (TPSA) is 117 Å². The minimum Gasteiger partial charge on any atom is -0.421 e. The van der Waals surface area contributed by atoms with Crippen molar-refractivity contribution in [3.63, 3.8) is 0 Å². The molecule has 140 valence electrons. The van der Waals surface area contributed by atoms with Crippen LogP contribution in [0.2, 0.25) is 0 Å². The van der Waals surface area contributed by atoms with E-state index < -0.39 is 0 Å². The molecule has 1 N–H and O–H groups in total. The highest BCUT2D eigenvalue weighted by Gasteiger charge is 2.24. The van der Waals surface area contributed by atoms with Crippen molar-refractivity contribution < 1.29 is 9.21 Å². The van der Waals surface area contributed by atoms with Gasteiger partial charge in [-0.25, -0.2) is 0 Å². The van der Waals surface area contributed by atoms with Gasteiger partial charge in [-0.15, -0.1) is 10.2 Å². The van der Waals surface area contributed by atoms with E-state index in [9.17, 15) is 4.79 Å². The molecule has 1 aliphatic rings. The summed E-state index contributed by atoms with van der Waals surface area (Å²) in [7, 11) is 0. The van der Waals surface area contributed by atoms with E-state index in [-0.39, 0.29) is 18.3 Å². The van der Waals surface area contributed by atoms with Gasteiger partial charge in [-0.05, 0) is 66.3 Å². The number of nitrogens with one attached hydrogen (secondary N) is 1. The van der Waals surface area contributed by atoms with Crippen LogP contribution in [0.5, 0.6) is 0 Å². The van der Waals surface area contributed by atoms with Crippen LogP contribution in [0, 0.1) is 6.92 Å². The lowest BCUT2D eigenvalue weighted by molar-refractivity contribution is 0.0951. The summed E-state index contributed by atoms with van der Waals surface area (Å²) in [5, 5.41) is 14.3. The molecule has 1 saturated carbocycles. The zero-order chi connectivity index (χ0) is 19.5. The molecule has 8 nitrogen and oxygen atoms in total. The van der Waals surface area contributed by atoms with E-state index in [1.165, 1.54) is 0 Å². The van der Waals surface area contributed by atoms with Crippen LogP contribution < -0.4 is 5.32 Å². The van der Waals surface area contributed by atoms with Gasteiger partial charge in [0.2, 0.25) is 11.8 Å². The molecule has 0 bridgehead atoms. The second kappa shape index (κ2) is 7.54. The molecular weight excluding hydrogens is 356 g/mol. The van der Waals surface area contributed by atoms with E-state index in [1.807, 2.05) is 49.4 Å². The predicted octanol–water partition coefficient (Wildman–Crippen LogP) is 4.41. The van der Waals surface area contributed by atoms with Gasteiger partial charge in [0.1, 0.15) is 6.54 Å². The first-order chi connectivity index (χ1) is 13.6. The summed E-state index contributed by atoms with van der Waals surface area (Å²) in [5.74, 6) is 0.602. The molecule has 1 amide bonds. The fourth-order valence-corrected chi connectivity index (χ4v) is 2.89. The summed E-state index contributed by atoms with van der Waals surface area (Å²) >= 11 is 0. The highest BCUT2D eigenvalue weighted by atomic mass is 16.4. The summed E-state index contributed by atoms with van der Waals surface area (Å²) < 4.78 is 5.49. The third kappa shape index (κ3) is 3.87. The van der Waals surface area contributed by atoms with Gasteiger partial charge in [0, 0.05) is 22.1 Å². The number of carbonyl (C=O) groups is 1. The van der Waals surface area contributed by atoms with Crippen molar-refractivity contribution in [2.75, 3.05) is 0 Å². The zero-order valence-corrected chi connectivity index (χ0v) is 15.3. The number of aromatic nitrogens is 2. The predicted molar refractivity (Wildman–Crippen MR) is 103 cm³/mol. The average Bonchev–Trinajstić information content (AvgIpc) is 3.40. The minimum atomic E-state index is -0.0289. The molecule has 0 saturated heterocycles. The molecule has 4 rings (SSSR count). The second-order valence-electron chi connectivity index (χ2n) is 6.74. The Morgan fingerprint density at radius 2 is 1.96 bits per heavy atom. The van der Waals surface area contributed by atoms with Crippen molar-refractivity contribution in [1.29, 1.82) is 0 Å². The normalized spacial score (nSPS) is 13.0. The molecule has 1 fully saturated rings. The van der Waals surface area contributed by atoms with Gasteiger partial charge >= 0.3 is 0 Å². The largest absolute Gasteiger partial charge is 0.421 e. The molecule has 8 heteroatoms. The summed E-state index contributed by atoms with van der Waals surface area (Å²) in [5.41, 5.74) is 12.9. The van der Waals surface area contributed by atoms with E-state index in [1.54, 1.807) is 0 Å². The Morgan fingerprint density at radius 3 is 2.68 bits per heavy atom. The van der Waals surface area contributed by atoms with Crippen molar-refractivity contribution in [3.8, 4) is 22.6 Å². The summed E-state index contributed by atoms with van der Waals surface area (Å²) in [6.07, 6.45) is 2.12. The fourth-order valence-electron chi connectivity index (χ4n) is 2.89. The maximum Gasteiger partial charge on any atom is 0.251 e. The molecular formula is C20H18N6O2. The highest BCUT2D eigenvalue weighted by molar-refractivity contribution is 5.96. The summed E-state index contributed by atoms with van der Waals surface area (Å²) in [6.45, 7) is 2.04. The maximum absolute atomic E-state index is 12.3. The number of amides is 1. The standard InChI is InChI=1S/C20H18N6O2/c1-12-2-3-15(19(27)23-16-8-9-16)10-17(12)13-4-6-14(7-5-13)20-25-24-18(28-20)11-22-26-21/h2-7,10,16H,8-9,11H2,1H3,(H,23,27). The Labute approximate surface area is 161 Å². The third-order valence-electron chi connectivity index (χ3n) is 4.59. The molecule has 0 aliphatic heterocycles. The van der Waals surface area contributed by atoms with Crippen LogP contribution in [0.3, 0.4) is 0 Å². The van der Waals surface area contributed by atoms with Gasteiger partial charge in [-0.2, -0.15) is 0 Å². The van der Waals surface area contributed by atoms with Crippen LogP contribution in [0.1, 0.15) is 34.7 Å². The van der Waals surface area contributed by atoms with Crippen LogP contribution in [-0.4, -0.2) is 22.1 Å². The minimum absolute atomic E-state index is 0.0243. The van der Waals surface area contributed by atoms with Gasteiger partial charge in [-0.1, -0.05) is 23.3 Å². The first-order valence-corrected chi connectivity index (χ1v) is 8.99. The molecule has 2 aromatic carbocycles. The summed E-state index contributed by atoms with van der Waals surface area (Å²) in [4.78, 5) is 15.0. The molecule has 0 unspecified atom stereocenters. The van der Waals surface area contributed by atoms with E-state index in [0.717, 1.165) is 35.1 Å². The average molecular weight is 374 g/mol. The molecule has 0 spiro atoms. The number of rotatable bonds is 6. The second-order valence-corrected chi connectivity index (χ2v) is 6.74. The van der Waals surface area contributed by atoms with Gasteiger partial charge in [0.05, 0.1) is 0 Å². The van der Waals surface area contributed by atoms with Crippen LogP contribution >= 0.6 is 0 Å². The molecule has 28 heavy (non-hydrogen) atoms. The van der Waals surface area contributed by atoms with E-state index in [4.69, 9.17) is 9.95 Å². The van der Waals surface area contributed by atoms with Gasteiger partial charge in [-0.3, -0.25) is 4.79 Å². The highest BCUT2D eigenvalue weighted by Crippen LogP contribution is 2.28. The van der Waals surface area contributed by atoms with E-state index in [2.05, 4.69) is 25.5 Å². The van der Waals surface area contributed by atoms with Gasteiger partial charge in [0.15, 0.2) is 0 Å². The van der Waals surface area contributed by atoms with E-state index >= 15 is 0 Å². The Hall–Kier alpha value is -3.64. The van der Waals surface area contributed by atoms with E-state index in [0.29, 0.717) is 17.5 Å². The molecule has 1 heterocycles. The first kappa shape index (κ1) is 17.8. The number of benzene rings is 2. The lowest BCUT2D eigenvalue weighted by Crippen LogP contribution is -2.25. The number of hydrogen-bond donors (Lipinski definition) is 1. The molecule has 1 aliphatic carbocycles. The number of azide groups is 1. The van der Waals surface area contributed by atoms with Crippen molar-refractivity contribution >= 4 is 5.91 Å². The number of nitrogens with zero attached hydrogens (tertiary/aromatic N) is 5. The van der Waals surface area contributed by atoms with Gasteiger partial charge in [0.25, 0.3) is 5.91 Å². The quantitative estimate of drug-likeness (QED) is 0.390. The maximum atomic E-state index is 12.3. The van der Waals surface area contributed by atoms with Crippen molar-refractivity contribution in [2.45, 2.75) is 32.4 Å². The third-order valence-corrected chi connectivity index (χ3v) is 4.59. The number of hydrogen-bond acceptors (Lipinski definition) is 5. The van der Waals surface area contributed by atoms with Crippen molar-refractivity contribution in [3.05, 3.63) is 69.9 Å². The SMILES string of the molecule is Cc1ccc(C(=O)NC2CC2)cc1-c1ccc(-c2nnc(CN=[N+]=[N-])o2)cc1. The number of carbonyl (C=O) groups excluding carboxylic acids is 1. The molecule has 1 aromatic heterocycles. The molecule has 3 aromatic rings. The first-order valence-electron chi connectivity index (χ1n) is 8.99. The Bertz CT molecular complexity index is 1060. The summed E-state index contributed by atoms with van der Waals surface area (Å²) in [6, 6.07) is 13.8.